The lowest BCUT2D eigenvalue weighted by Crippen LogP contribution is -2.40. The van der Waals surface area contributed by atoms with Gasteiger partial charge < -0.3 is 10.5 Å². The van der Waals surface area contributed by atoms with Crippen LogP contribution < -0.4 is 20.5 Å². The Balaban J connectivity index is 2.08. The van der Waals surface area contributed by atoms with Gasteiger partial charge in [-0.2, -0.15) is 5.26 Å². The quantitative estimate of drug-likeness (QED) is 0.596. The Morgan fingerprint density at radius 2 is 1.79 bits per heavy atom. The molecule has 0 saturated carbocycles. The Labute approximate surface area is 190 Å². The fraction of sp³-hybridized carbons (Fsp3) is 0.125. The van der Waals surface area contributed by atoms with Crippen LogP contribution in [0.15, 0.2) is 58.9 Å². The molecule has 6 nitrogen and oxygen atoms in total. The van der Waals surface area contributed by atoms with E-state index in [-0.39, 0.29) is 32.8 Å². The van der Waals surface area contributed by atoms with Crippen LogP contribution in [0.25, 0.3) is 17.5 Å². The summed E-state index contributed by atoms with van der Waals surface area (Å²) >= 11 is 1.01. The fourth-order valence-electron chi connectivity index (χ4n) is 3.65. The normalized spacial score (nSPS) is 15.9. The number of fused-ring (bicyclic) bond motifs is 1. The Kier molecular flexibility index (Phi) is 5.94. The van der Waals surface area contributed by atoms with Gasteiger partial charge in [0, 0.05) is 0 Å². The highest BCUT2D eigenvalue weighted by Gasteiger charge is 2.36. The number of ether oxygens (including phenoxy) is 1. The molecular formula is C24H17F2N3O3S. The summed E-state index contributed by atoms with van der Waals surface area (Å²) in [5.74, 6) is -2.66. The predicted octanol–water partition coefficient (Wildman–Crippen LogP) is 2.18. The first-order valence-corrected chi connectivity index (χ1v) is 10.7. The molecule has 0 fully saturated rings. The van der Waals surface area contributed by atoms with E-state index in [0.29, 0.717) is 11.1 Å². The zero-order valence-electron chi connectivity index (χ0n) is 17.3. The van der Waals surface area contributed by atoms with E-state index in [0.717, 1.165) is 15.9 Å². The molecule has 0 bridgehead atoms. The van der Waals surface area contributed by atoms with Gasteiger partial charge in [0.05, 0.1) is 34.3 Å². The maximum atomic E-state index is 13.5. The van der Waals surface area contributed by atoms with Crippen LogP contribution in [0.2, 0.25) is 0 Å². The van der Waals surface area contributed by atoms with Crippen molar-refractivity contribution in [3.63, 3.8) is 0 Å². The van der Waals surface area contributed by atoms with E-state index >= 15 is 0 Å². The minimum absolute atomic E-state index is 0.0228. The number of allylic oxidation sites excluding steroid dienone is 1. The van der Waals surface area contributed by atoms with Crippen LogP contribution in [0.3, 0.4) is 0 Å². The van der Waals surface area contributed by atoms with Crippen molar-refractivity contribution in [3.05, 3.63) is 96.4 Å². The largest absolute Gasteiger partial charge is 0.463 e. The second-order valence-corrected chi connectivity index (χ2v) is 8.17. The van der Waals surface area contributed by atoms with Crippen molar-refractivity contribution >= 4 is 34.8 Å². The van der Waals surface area contributed by atoms with Crippen LogP contribution in [0, 0.1) is 23.0 Å². The van der Waals surface area contributed by atoms with E-state index in [9.17, 15) is 23.6 Å². The van der Waals surface area contributed by atoms with Crippen LogP contribution in [0.5, 0.6) is 0 Å². The fourth-order valence-corrected chi connectivity index (χ4v) is 4.82. The van der Waals surface area contributed by atoms with Crippen LogP contribution >= 0.6 is 11.3 Å². The first kappa shape index (κ1) is 22.2. The van der Waals surface area contributed by atoms with Crippen molar-refractivity contribution in [2.75, 3.05) is 6.61 Å². The van der Waals surface area contributed by atoms with E-state index in [4.69, 9.17) is 10.5 Å². The lowest BCUT2D eigenvalue weighted by molar-refractivity contribution is -0.136. The van der Waals surface area contributed by atoms with Gasteiger partial charge >= 0.3 is 5.97 Å². The van der Waals surface area contributed by atoms with E-state index in [1.807, 2.05) is 6.07 Å². The third-order valence-corrected chi connectivity index (χ3v) is 6.24. The monoisotopic (exact) mass is 465 g/mol. The van der Waals surface area contributed by atoms with Crippen LogP contribution in [0.4, 0.5) is 8.78 Å². The molecule has 0 radical (unpaired) electrons. The molecule has 1 aromatic heterocycles. The number of nitriles is 1. The Morgan fingerprint density at radius 3 is 2.36 bits per heavy atom. The maximum absolute atomic E-state index is 13.5. The topological polar surface area (TPSA) is 98.1 Å². The Morgan fingerprint density at radius 1 is 1.18 bits per heavy atom. The van der Waals surface area contributed by atoms with E-state index < -0.39 is 29.1 Å². The zero-order chi connectivity index (χ0) is 23.7. The van der Waals surface area contributed by atoms with Crippen LogP contribution in [-0.4, -0.2) is 17.1 Å². The van der Waals surface area contributed by atoms with Crippen molar-refractivity contribution in [1.29, 1.82) is 5.26 Å². The van der Waals surface area contributed by atoms with Gasteiger partial charge in [-0.25, -0.2) is 13.6 Å². The molecule has 1 atom stereocenters. The number of hydrogen-bond acceptors (Lipinski definition) is 6. The van der Waals surface area contributed by atoms with Gasteiger partial charge in [-0.15, -0.1) is 11.3 Å². The number of esters is 1. The van der Waals surface area contributed by atoms with Crippen LogP contribution in [-0.2, 0) is 9.53 Å². The van der Waals surface area contributed by atoms with E-state index in [1.54, 1.807) is 13.0 Å². The molecule has 0 saturated heterocycles. The molecule has 3 aromatic rings. The van der Waals surface area contributed by atoms with Crippen molar-refractivity contribution in [2.24, 2.45) is 5.73 Å². The molecular weight excluding hydrogens is 448 g/mol. The van der Waals surface area contributed by atoms with Gasteiger partial charge in [0.15, 0.2) is 0 Å². The zero-order valence-corrected chi connectivity index (χ0v) is 18.2. The number of hydrogen-bond donors (Lipinski definition) is 1. The molecule has 2 aromatic carbocycles. The third-order valence-electron chi connectivity index (χ3n) is 5.14. The molecule has 0 amide bonds. The van der Waals surface area contributed by atoms with Gasteiger partial charge in [0.25, 0.3) is 5.56 Å². The summed E-state index contributed by atoms with van der Waals surface area (Å²) in [6.45, 7) is 1.71. The molecule has 4 rings (SSSR count). The highest BCUT2D eigenvalue weighted by atomic mass is 32.1. The maximum Gasteiger partial charge on any atom is 0.338 e. The van der Waals surface area contributed by atoms with E-state index in [2.05, 4.69) is 0 Å². The highest BCUT2D eigenvalue weighted by molar-refractivity contribution is 7.07. The number of aromatic nitrogens is 1. The minimum Gasteiger partial charge on any atom is -0.463 e. The van der Waals surface area contributed by atoms with Crippen LogP contribution in [0.1, 0.15) is 24.0 Å². The molecule has 1 aliphatic rings. The summed E-state index contributed by atoms with van der Waals surface area (Å²) in [4.78, 5) is 26.2. The molecule has 0 unspecified atom stereocenters. The number of thiazole rings is 1. The van der Waals surface area contributed by atoms with Crippen molar-refractivity contribution in [3.8, 4) is 6.07 Å². The first-order valence-electron chi connectivity index (χ1n) is 9.91. The molecule has 2 heterocycles. The average molecular weight is 465 g/mol. The van der Waals surface area contributed by atoms with Gasteiger partial charge in [-0.1, -0.05) is 24.3 Å². The number of halogens is 2. The summed E-state index contributed by atoms with van der Waals surface area (Å²) in [5, 5.41) is 9.88. The second kappa shape index (κ2) is 8.84. The number of nitrogens with two attached hydrogens (primary N) is 1. The highest BCUT2D eigenvalue weighted by Crippen LogP contribution is 2.36. The standard InChI is InChI=1S/C24H17F2N3O3S/c1-2-32-24(31)20-19(14-5-9-16(26)10-6-14)17(12-27)21(28)29-22(30)18(33-23(20)29)11-13-3-7-15(25)8-4-13/h3-11,19H,2,28H2,1H3/b18-11-/t19-/m1/s1. The Bertz CT molecular complexity index is 1490. The van der Waals surface area contributed by atoms with Crippen molar-refractivity contribution in [2.45, 2.75) is 12.8 Å². The molecule has 1 aliphatic heterocycles. The SMILES string of the molecule is CCOC(=O)C1=c2s/c(=C\c3ccc(F)cc3)c(=O)n2C(N)=C(C#N)[C@H]1c1ccc(F)cc1. The van der Waals surface area contributed by atoms with Gasteiger partial charge in [-0.3, -0.25) is 9.36 Å². The van der Waals surface area contributed by atoms with Gasteiger partial charge in [0.2, 0.25) is 0 Å². The van der Waals surface area contributed by atoms with E-state index in [1.165, 1.54) is 48.5 Å². The van der Waals surface area contributed by atoms with Crippen molar-refractivity contribution < 1.29 is 18.3 Å². The number of rotatable bonds is 4. The lowest BCUT2D eigenvalue weighted by Gasteiger charge is -2.24. The smallest absolute Gasteiger partial charge is 0.338 e. The molecule has 33 heavy (non-hydrogen) atoms. The number of benzene rings is 2. The summed E-state index contributed by atoms with van der Waals surface area (Å²) in [6, 6.07) is 12.9. The predicted molar refractivity (Wildman–Crippen MR) is 120 cm³/mol. The number of nitrogens with zero attached hydrogens (tertiary/aromatic N) is 2. The summed E-state index contributed by atoms with van der Waals surface area (Å²) in [6.07, 6.45) is 1.55. The van der Waals surface area contributed by atoms with Gasteiger partial charge in [0.1, 0.15) is 22.1 Å². The number of carbonyl (C=O) groups is 1. The summed E-state index contributed by atoms with van der Waals surface area (Å²) in [7, 11) is 0. The lowest BCUT2D eigenvalue weighted by atomic mass is 9.84. The Hall–Kier alpha value is -4.03. The molecule has 9 heteroatoms. The minimum atomic E-state index is -0.939. The van der Waals surface area contributed by atoms with Crippen molar-refractivity contribution in [1.82, 2.24) is 4.57 Å². The third kappa shape index (κ3) is 3.97. The number of carbonyl (C=O) groups excluding carboxylic acids is 1. The first-order chi connectivity index (χ1) is 15.8. The summed E-state index contributed by atoms with van der Waals surface area (Å²) in [5.41, 5.74) is 6.79. The van der Waals surface area contributed by atoms with Gasteiger partial charge in [-0.05, 0) is 48.4 Å². The molecule has 0 spiro atoms. The second-order valence-electron chi connectivity index (χ2n) is 7.14. The molecule has 166 valence electrons. The molecule has 2 N–H and O–H groups in total. The summed E-state index contributed by atoms with van der Waals surface area (Å²) < 4.78 is 33.6. The molecule has 0 aliphatic carbocycles. The average Bonchev–Trinajstić information content (AvgIpc) is 3.11.